The van der Waals surface area contributed by atoms with Crippen molar-refractivity contribution in [1.29, 1.82) is 0 Å². The van der Waals surface area contributed by atoms with Crippen molar-refractivity contribution < 1.29 is 0 Å². The second-order valence-electron chi connectivity index (χ2n) is 3.07. The Labute approximate surface area is 74.4 Å². The largest absolute Gasteiger partial charge is 0.321 e. The zero-order chi connectivity index (χ0) is 9.59. The van der Waals surface area contributed by atoms with Gasteiger partial charge in [0, 0.05) is 11.4 Å². The van der Waals surface area contributed by atoms with Gasteiger partial charge in [0.05, 0.1) is 0 Å². The molecule has 5 nitrogen and oxygen atoms in total. The molecule has 2 rings (SSSR count). The number of fused-ring (bicyclic) bond motifs is 1. The van der Waals surface area contributed by atoms with Gasteiger partial charge >= 0.3 is 0 Å². The quantitative estimate of drug-likeness (QED) is 0.632. The van der Waals surface area contributed by atoms with Gasteiger partial charge in [0.25, 0.3) is 5.56 Å². The van der Waals surface area contributed by atoms with Gasteiger partial charge in [-0.25, -0.2) is 0 Å². The normalized spacial score (nSPS) is 11.0. The minimum absolute atomic E-state index is 0.191. The maximum atomic E-state index is 11.4. The number of hydrogen-bond donors (Lipinski definition) is 1. The van der Waals surface area contributed by atoms with Gasteiger partial charge in [-0.15, -0.1) is 10.2 Å². The van der Waals surface area contributed by atoms with E-state index in [2.05, 4.69) is 15.2 Å². The molecular weight excluding hydrogens is 168 g/mol. The Morgan fingerprint density at radius 1 is 1.23 bits per heavy atom. The molecule has 2 aromatic rings. The number of aromatic amines is 1. The number of aryl methyl sites for hydroxylation is 3. The first-order valence-corrected chi connectivity index (χ1v) is 4.02. The SMILES string of the molecule is Cc1[nH]c(=O)c2nnc(C)n2c1C. The van der Waals surface area contributed by atoms with E-state index in [0.29, 0.717) is 5.65 Å². The summed E-state index contributed by atoms with van der Waals surface area (Å²) in [6.45, 7) is 5.61. The van der Waals surface area contributed by atoms with Crippen molar-refractivity contribution in [2.75, 3.05) is 0 Å². The third-order valence-electron chi connectivity index (χ3n) is 2.21. The van der Waals surface area contributed by atoms with Crippen molar-refractivity contribution in [3.05, 3.63) is 27.6 Å². The number of nitrogens with zero attached hydrogens (tertiary/aromatic N) is 3. The molecule has 68 valence electrons. The van der Waals surface area contributed by atoms with Crippen LogP contribution in [0.3, 0.4) is 0 Å². The predicted octanol–water partition coefficient (Wildman–Crippen LogP) is 0.343. The van der Waals surface area contributed by atoms with Crippen LogP contribution in [0.25, 0.3) is 5.65 Å². The molecule has 0 amide bonds. The second kappa shape index (κ2) is 2.42. The molecule has 0 radical (unpaired) electrons. The average Bonchev–Trinajstić information content (AvgIpc) is 2.44. The zero-order valence-corrected chi connectivity index (χ0v) is 7.75. The Balaban J connectivity index is 3.10. The van der Waals surface area contributed by atoms with Crippen molar-refractivity contribution in [2.24, 2.45) is 0 Å². The molecular formula is C8H10N4O. The summed E-state index contributed by atoms with van der Waals surface area (Å²) in [5.74, 6) is 0.738. The van der Waals surface area contributed by atoms with Crippen molar-refractivity contribution in [3.63, 3.8) is 0 Å². The van der Waals surface area contributed by atoms with Crippen LogP contribution >= 0.6 is 0 Å². The van der Waals surface area contributed by atoms with Gasteiger partial charge in [-0.05, 0) is 20.8 Å². The van der Waals surface area contributed by atoms with E-state index in [4.69, 9.17) is 0 Å². The Morgan fingerprint density at radius 3 is 2.62 bits per heavy atom. The number of nitrogens with one attached hydrogen (secondary N) is 1. The highest BCUT2D eigenvalue weighted by Gasteiger charge is 2.08. The van der Waals surface area contributed by atoms with Crippen molar-refractivity contribution in [2.45, 2.75) is 20.8 Å². The fraction of sp³-hybridized carbons (Fsp3) is 0.375. The first-order valence-electron chi connectivity index (χ1n) is 4.02. The molecule has 0 saturated heterocycles. The topological polar surface area (TPSA) is 63.0 Å². The molecule has 0 fully saturated rings. The minimum atomic E-state index is -0.191. The standard InChI is InChI=1S/C8H10N4O/c1-4-5(2)12-6(3)10-11-7(12)8(13)9-4/h1-3H3,(H,9,13). The van der Waals surface area contributed by atoms with E-state index in [1.807, 2.05) is 20.8 Å². The van der Waals surface area contributed by atoms with Gasteiger partial charge < -0.3 is 4.98 Å². The van der Waals surface area contributed by atoms with Crippen LogP contribution in [0.4, 0.5) is 0 Å². The van der Waals surface area contributed by atoms with Crippen LogP contribution in [0.1, 0.15) is 17.2 Å². The van der Waals surface area contributed by atoms with E-state index in [1.54, 1.807) is 4.40 Å². The van der Waals surface area contributed by atoms with E-state index >= 15 is 0 Å². The van der Waals surface area contributed by atoms with Gasteiger partial charge in [-0.1, -0.05) is 0 Å². The molecule has 0 aliphatic heterocycles. The lowest BCUT2D eigenvalue weighted by atomic mass is 10.3. The third-order valence-corrected chi connectivity index (χ3v) is 2.21. The number of hydrogen-bond acceptors (Lipinski definition) is 3. The van der Waals surface area contributed by atoms with E-state index in [0.717, 1.165) is 17.2 Å². The minimum Gasteiger partial charge on any atom is -0.321 e. The molecule has 2 heterocycles. The summed E-state index contributed by atoms with van der Waals surface area (Å²) in [6, 6.07) is 0. The van der Waals surface area contributed by atoms with E-state index < -0.39 is 0 Å². The summed E-state index contributed by atoms with van der Waals surface area (Å²) in [5.41, 5.74) is 1.99. The lowest BCUT2D eigenvalue weighted by Gasteiger charge is -2.02. The number of aromatic nitrogens is 4. The van der Waals surface area contributed by atoms with Gasteiger partial charge in [0.15, 0.2) is 0 Å². The van der Waals surface area contributed by atoms with E-state index in [1.165, 1.54) is 0 Å². The molecule has 1 N–H and O–H groups in total. The third kappa shape index (κ3) is 0.965. The van der Waals surface area contributed by atoms with Gasteiger partial charge in [0.1, 0.15) is 5.82 Å². The molecule has 13 heavy (non-hydrogen) atoms. The van der Waals surface area contributed by atoms with Gasteiger partial charge in [-0.3, -0.25) is 9.20 Å². The van der Waals surface area contributed by atoms with Crippen molar-refractivity contribution in [3.8, 4) is 0 Å². The first-order chi connectivity index (χ1) is 6.11. The highest BCUT2D eigenvalue weighted by atomic mass is 16.1. The number of H-pyrrole nitrogens is 1. The van der Waals surface area contributed by atoms with Crippen molar-refractivity contribution >= 4 is 5.65 Å². The first kappa shape index (κ1) is 7.97. The lowest BCUT2D eigenvalue weighted by molar-refractivity contribution is 0.932. The Kier molecular flexibility index (Phi) is 1.48. The summed E-state index contributed by atoms with van der Waals surface area (Å²) < 4.78 is 1.76. The van der Waals surface area contributed by atoms with E-state index in [-0.39, 0.29) is 5.56 Å². The van der Waals surface area contributed by atoms with Crippen LogP contribution in [0, 0.1) is 20.8 Å². The smallest absolute Gasteiger partial charge is 0.293 e. The fourth-order valence-electron chi connectivity index (χ4n) is 1.40. The van der Waals surface area contributed by atoms with Crippen LogP contribution in [0.5, 0.6) is 0 Å². The van der Waals surface area contributed by atoms with Crippen LogP contribution < -0.4 is 5.56 Å². The maximum absolute atomic E-state index is 11.4. The summed E-state index contributed by atoms with van der Waals surface area (Å²) >= 11 is 0. The second-order valence-corrected chi connectivity index (χ2v) is 3.07. The monoisotopic (exact) mass is 178 g/mol. The lowest BCUT2D eigenvalue weighted by Crippen LogP contribution is -2.14. The molecule has 0 aliphatic rings. The Morgan fingerprint density at radius 2 is 1.92 bits per heavy atom. The number of rotatable bonds is 0. The van der Waals surface area contributed by atoms with Crippen LogP contribution in [-0.4, -0.2) is 19.6 Å². The highest BCUT2D eigenvalue weighted by molar-refractivity contribution is 5.37. The molecule has 0 spiro atoms. The molecule has 5 heteroatoms. The summed E-state index contributed by atoms with van der Waals surface area (Å²) in [4.78, 5) is 14.1. The van der Waals surface area contributed by atoms with Gasteiger partial charge in [-0.2, -0.15) is 0 Å². The predicted molar refractivity (Wildman–Crippen MR) is 47.8 cm³/mol. The molecule has 2 aromatic heterocycles. The molecule has 0 atom stereocenters. The Hall–Kier alpha value is -1.65. The summed E-state index contributed by atoms with van der Waals surface area (Å²) in [6.07, 6.45) is 0. The molecule has 0 aromatic carbocycles. The summed E-state index contributed by atoms with van der Waals surface area (Å²) in [7, 11) is 0. The Bertz CT molecular complexity index is 523. The molecule has 0 saturated carbocycles. The summed E-state index contributed by atoms with van der Waals surface area (Å²) in [5, 5.41) is 7.64. The molecule has 0 bridgehead atoms. The van der Waals surface area contributed by atoms with Gasteiger partial charge in [0.2, 0.25) is 5.65 Å². The van der Waals surface area contributed by atoms with E-state index in [9.17, 15) is 4.79 Å². The fourth-order valence-corrected chi connectivity index (χ4v) is 1.40. The average molecular weight is 178 g/mol. The van der Waals surface area contributed by atoms with Crippen molar-refractivity contribution in [1.82, 2.24) is 19.6 Å². The molecule has 0 unspecified atom stereocenters. The van der Waals surface area contributed by atoms with Crippen LogP contribution in [0.2, 0.25) is 0 Å². The molecule has 0 aliphatic carbocycles. The maximum Gasteiger partial charge on any atom is 0.293 e. The zero-order valence-electron chi connectivity index (χ0n) is 7.75. The van der Waals surface area contributed by atoms with Crippen LogP contribution in [-0.2, 0) is 0 Å². The van der Waals surface area contributed by atoms with Crippen LogP contribution in [0.15, 0.2) is 4.79 Å². The highest BCUT2D eigenvalue weighted by Crippen LogP contribution is 2.05.